The van der Waals surface area contributed by atoms with Gasteiger partial charge in [0, 0.05) is 36.8 Å². The number of aryl methyl sites for hydroxylation is 2. The number of pyridine rings is 1. The van der Waals surface area contributed by atoms with Gasteiger partial charge in [-0.25, -0.2) is 4.98 Å². The lowest BCUT2D eigenvalue weighted by atomic mass is 10.1. The zero-order chi connectivity index (χ0) is 21.4. The number of fused-ring (bicyclic) bond motifs is 1. The Morgan fingerprint density at radius 1 is 1.23 bits per heavy atom. The second-order valence-corrected chi connectivity index (χ2v) is 8.30. The van der Waals surface area contributed by atoms with E-state index < -0.39 is 0 Å². The maximum Gasteiger partial charge on any atom is 0.252 e. The van der Waals surface area contributed by atoms with Crippen LogP contribution in [0.5, 0.6) is 0 Å². The van der Waals surface area contributed by atoms with Gasteiger partial charge < -0.3 is 10.6 Å². The van der Waals surface area contributed by atoms with Gasteiger partial charge in [-0.3, -0.25) is 14.3 Å². The standard InChI is InChI=1S/C23H27N5O2/c1-13(2)22(29)25-17-7-5-6-15(10-17)12-24-23(30)18-11-19(16-8-9-16)26-21-20(18)14(3)27-28(21)4/h5-7,10-11,13,16H,8-9,12H2,1-4H3,(H,24,30)(H,25,29). The quantitative estimate of drug-likeness (QED) is 0.655. The van der Waals surface area contributed by atoms with Crippen molar-refractivity contribution in [3.63, 3.8) is 0 Å². The van der Waals surface area contributed by atoms with Crippen LogP contribution in [0.1, 0.15) is 59.9 Å². The zero-order valence-corrected chi connectivity index (χ0v) is 17.8. The van der Waals surface area contributed by atoms with E-state index in [0.717, 1.165) is 46.5 Å². The molecule has 2 N–H and O–H groups in total. The minimum atomic E-state index is -0.142. The number of nitrogens with zero attached hydrogens (tertiary/aromatic N) is 3. The van der Waals surface area contributed by atoms with E-state index in [1.807, 2.05) is 58.2 Å². The first-order chi connectivity index (χ1) is 14.3. The topological polar surface area (TPSA) is 88.9 Å². The van der Waals surface area contributed by atoms with E-state index in [2.05, 4.69) is 15.7 Å². The van der Waals surface area contributed by atoms with E-state index >= 15 is 0 Å². The van der Waals surface area contributed by atoms with Crippen LogP contribution >= 0.6 is 0 Å². The van der Waals surface area contributed by atoms with Gasteiger partial charge in [-0.05, 0) is 43.5 Å². The maximum absolute atomic E-state index is 13.1. The largest absolute Gasteiger partial charge is 0.348 e. The van der Waals surface area contributed by atoms with Crippen LogP contribution in [-0.4, -0.2) is 26.6 Å². The number of carbonyl (C=O) groups excluding carboxylic acids is 2. The average molecular weight is 406 g/mol. The van der Waals surface area contributed by atoms with Gasteiger partial charge in [0.15, 0.2) is 5.65 Å². The minimum absolute atomic E-state index is 0.0324. The Morgan fingerprint density at radius 2 is 2.00 bits per heavy atom. The van der Waals surface area contributed by atoms with Crippen LogP contribution in [0.3, 0.4) is 0 Å². The lowest BCUT2D eigenvalue weighted by Crippen LogP contribution is -2.24. The number of amides is 2. The summed E-state index contributed by atoms with van der Waals surface area (Å²) in [7, 11) is 1.86. The highest BCUT2D eigenvalue weighted by molar-refractivity contribution is 6.06. The molecule has 0 spiro atoms. The van der Waals surface area contributed by atoms with Crippen molar-refractivity contribution in [1.29, 1.82) is 0 Å². The molecular weight excluding hydrogens is 378 g/mol. The van der Waals surface area contributed by atoms with Crippen LogP contribution in [0.2, 0.25) is 0 Å². The van der Waals surface area contributed by atoms with Gasteiger partial charge in [0.05, 0.1) is 16.6 Å². The minimum Gasteiger partial charge on any atom is -0.348 e. The number of carbonyl (C=O) groups is 2. The maximum atomic E-state index is 13.1. The number of hydrogen-bond donors (Lipinski definition) is 2. The van der Waals surface area contributed by atoms with Gasteiger partial charge in [-0.15, -0.1) is 0 Å². The normalized spacial score (nSPS) is 13.6. The van der Waals surface area contributed by atoms with Gasteiger partial charge in [-0.2, -0.15) is 5.10 Å². The molecule has 1 aromatic carbocycles. The predicted octanol–water partition coefficient (Wildman–Crippen LogP) is 3.68. The second kappa shape index (κ2) is 7.89. The first-order valence-corrected chi connectivity index (χ1v) is 10.4. The molecule has 7 heteroatoms. The van der Waals surface area contributed by atoms with Crippen molar-refractivity contribution in [1.82, 2.24) is 20.1 Å². The van der Waals surface area contributed by atoms with Crippen LogP contribution in [0, 0.1) is 12.8 Å². The van der Waals surface area contributed by atoms with E-state index in [0.29, 0.717) is 18.0 Å². The molecule has 2 heterocycles. The fourth-order valence-electron chi connectivity index (χ4n) is 3.55. The number of rotatable bonds is 6. The van der Waals surface area contributed by atoms with E-state index in [1.165, 1.54) is 0 Å². The van der Waals surface area contributed by atoms with Gasteiger partial charge in [0.1, 0.15) is 0 Å². The van der Waals surface area contributed by atoms with Crippen molar-refractivity contribution in [3.8, 4) is 0 Å². The highest BCUT2D eigenvalue weighted by Gasteiger charge is 2.28. The number of anilines is 1. The monoisotopic (exact) mass is 405 g/mol. The van der Waals surface area contributed by atoms with Crippen molar-refractivity contribution in [2.45, 2.75) is 46.1 Å². The third kappa shape index (κ3) is 4.06. The van der Waals surface area contributed by atoms with E-state index in [1.54, 1.807) is 4.68 Å². The summed E-state index contributed by atoms with van der Waals surface area (Å²) in [5.41, 5.74) is 4.78. The van der Waals surface area contributed by atoms with Crippen LogP contribution in [-0.2, 0) is 18.4 Å². The van der Waals surface area contributed by atoms with Crippen molar-refractivity contribution in [2.24, 2.45) is 13.0 Å². The molecule has 3 aromatic rings. The molecule has 1 fully saturated rings. The van der Waals surface area contributed by atoms with Gasteiger partial charge in [0.2, 0.25) is 5.91 Å². The first-order valence-electron chi connectivity index (χ1n) is 10.4. The molecule has 156 valence electrons. The summed E-state index contributed by atoms with van der Waals surface area (Å²) in [6, 6.07) is 9.45. The Morgan fingerprint density at radius 3 is 2.70 bits per heavy atom. The smallest absolute Gasteiger partial charge is 0.252 e. The Kier molecular flexibility index (Phi) is 5.28. The van der Waals surface area contributed by atoms with Crippen LogP contribution in [0.25, 0.3) is 11.0 Å². The number of aromatic nitrogens is 3. The Balaban J connectivity index is 1.55. The fraction of sp³-hybridized carbons (Fsp3) is 0.391. The number of nitrogens with one attached hydrogen (secondary N) is 2. The molecule has 1 aliphatic rings. The molecule has 0 unspecified atom stereocenters. The molecule has 0 bridgehead atoms. The van der Waals surface area contributed by atoms with Gasteiger partial charge in [0.25, 0.3) is 5.91 Å². The lowest BCUT2D eigenvalue weighted by molar-refractivity contribution is -0.118. The SMILES string of the molecule is Cc1nn(C)c2nc(C3CC3)cc(C(=O)NCc3cccc(NC(=O)C(C)C)c3)c12. The second-order valence-electron chi connectivity index (χ2n) is 8.30. The molecular formula is C23H27N5O2. The van der Waals surface area contributed by atoms with Gasteiger partial charge in [-0.1, -0.05) is 26.0 Å². The summed E-state index contributed by atoms with van der Waals surface area (Å²) >= 11 is 0. The summed E-state index contributed by atoms with van der Waals surface area (Å²) in [5.74, 6) is 0.176. The molecule has 1 saturated carbocycles. The Bertz CT molecular complexity index is 1130. The Labute approximate surface area is 175 Å². The predicted molar refractivity (Wildman–Crippen MR) is 116 cm³/mol. The Hall–Kier alpha value is -3.22. The molecule has 0 aliphatic heterocycles. The molecule has 7 nitrogen and oxygen atoms in total. The van der Waals surface area contributed by atoms with Crippen LogP contribution in [0.15, 0.2) is 30.3 Å². The molecule has 0 atom stereocenters. The summed E-state index contributed by atoms with van der Waals surface area (Å²) in [4.78, 5) is 29.8. The first kappa shape index (κ1) is 20.1. The summed E-state index contributed by atoms with van der Waals surface area (Å²) < 4.78 is 1.74. The highest BCUT2D eigenvalue weighted by atomic mass is 16.2. The van der Waals surface area contributed by atoms with E-state index in [-0.39, 0.29) is 17.7 Å². The van der Waals surface area contributed by atoms with Crippen molar-refractivity contribution >= 4 is 28.5 Å². The van der Waals surface area contributed by atoms with Crippen molar-refractivity contribution in [2.75, 3.05) is 5.32 Å². The van der Waals surface area contributed by atoms with E-state index in [9.17, 15) is 9.59 Å². The summed E-state index contributed by atoms with van der Waals surface area (Å²) in [5, 5.41) is 11.2. The summed E-state index contributed by atoms with van der Waals surface area (Å²) in [6.45, 7) is 5.97. The molecule has 4 rings (SSSR count). The molecule has 30 heavy (non-hydrogen) atoms. The lowest BCUT2D eigenvalue weighted by Gasteiger charge is -2.11. The van der Waals surface area contributed by atoms with Crippen LogP contribution < -0.4 is 10.6 Å². The summed E-state index contributed by atoms with van der Waals surface area (Å²) in [6.07, 6.45) is 2.23. The van der Waals surface area contributed by atoms with Crippen molar-refractivity contribution < 1.29 is 9.59 Å². The third-order valence-electron chi connectivity index (χ3n) is 5.40. The third-order valence-corrected chi connectivity index (χ3v) is 5.40. The molecule has 2 aromatic heterocycles. The number of hydrogen-bond acceptors (Lipinski definition) is 4. The zero-order valence-electron chi connectivity index (χ0n) is 17.8. The number of benzene rings is 1. The molecule has 0 saturated heterocycles. The molecule has 1 aliphatic carbocycles. The van der Waals surface area contributed by atoms with Gasteiger partial charge >= 0.3 is 0 Å². The molecule has 0 radical (unpaired) electrons. The fourth-order valence-corrected chi connectivity index (χ4v) is 3.55. The van der Waals surface area contributed by atoms with Crippen molar-refractivity contribution in [3.05, 3.63) is 52.8 Å². The molecule has 2 amide bonds. The van der Waals surface area contributed by atoms with E-state index in [4.69, 9.17) is 4.98 Å². The average Bonchev–Trinajstić information content (AvgIpc) is 3.52. The highest BCUT2D eigenvalue weighted by Crippen LogP contribution is 2.40. The van der Waals surface area contributed by atoms with Crippen LogP contribution in [0.4, 0.5) is 5.69 Å².